The van der Waals surface area contributed by atoms with E-state index in [1.54, 1.807) is 4.90 Å². The third-order valence-corrected chi connectivity index (χ3v) is 13.1. The van der Waals surface area contributed by atoms with Crippen molar-refractivity contribution in [3.8, 4) is 0 Å². The van der Waals surface area contributed by atoms with Crippen molar-refractivity contribution in [1.29, 1.82) is 0 Å². The number of esters is 2. The van der Waals surface area contributed by atoms with Gasteiger partial charge in [-0.1, -0.05) is 133 Å². The summed E-state index contributed by atoms with van der Waals surface area (Å²) in [5, 5.41) is 0.107. The number of carbonyl (C=O) groups is 4. The summed E-state index contributed by atoms with van der Waals surface area (Å²) >= 11 is 1.07. The van der Waals surface area contributed by atoms with E-state index in [-0.39, 0.29) is 53.2 Å². The summed E-state index contributed by atoms with van der Waals surface area (Å²) in [4.78, 5) is 57.4. The van der Waals surface area contributed by atoms with E-state index < -0.39 is 11.9 Å². The Morgan fingerprint density at radius 1 is 0.698 bits per heavy atom. The highest BCUT2D eigenvalue weighted by Crippen LogP contribution is 2.41. The second-order valence-electron chi connectivity index (χ2n) is 17.9. The molecule has 0 aliphatic carbocycles. The highest BCUT2D eigenvalue weighted by Gasteiger charge is 2.34. The first-order valence-electron chi connectivity index (χ1n) is 25.3. The molecule has 0 saturated carbocycles. The minimum absolute atomic E-state index is 0.0263. The molecule has 1 aromatic heterocycles. The van der Waals surface area contributed by atoms with Crippen molar-refractivity contribution >= 4 is 40.1 Å². The Morgan fingerprint density at radius 3 is 1.92 bits per heavy atom. The molecule has 1 atom stereocenters. The molecule has 0 saturated heterocycles. The van der Waals surface area contributed by atoms with E-state index in [4.69, 9.17) is 9.47 Å². The van der Waals surface area contributed by atoms with E-state index >= 15 is 4.48 Å². The Labute approximate surface area is 386 Å². The smallest absolute Gasteiger partial charge is 0.341 e. The van der Waals surface area contributed by atoms with Gasteiger partial charge in [-0.05, 0) is 110 Å². The predicted octanol–water partition coefficient (Wildman–Crippen LogP) is 14.0. The Bertz CT molecular complexity index is 1460. The molecule has 0 fully saturated rings. The summed E-state index contributed by atoms with van der Waals surface area (Å²) in [7, 11) is 3.89. The van der Waals surface area contributed by atoms with Crippen molar-refractivity contribution in [3.05, 3.63) is 40.3 Å². The number of rotatable bonds is 38. The van der Waals surface area contributed by atoms with Crippen LogP contribution in [0.15, 0.2) is 24.3 Å². The lowest BCUT2D eigenvalue weighted by Crippen LogP contribution is -2.35. The standard InChI is InChI=1S/C52H88FN3O6S/c1-6-9-12-15-17-18-19-20-21-22-23-24-25-27-30-37-48(58)56(53)51-50(52(60)61-42-33-40-54(4)5)45-39-41-55(43-46(45)63-51)47(57)36-31-32-38-49(59)62-44(34-28-14-11-8-3)35-29-26-16-13-10-7-2/h17-18,20-21,44H,6-16,19,22-43H2,1-5H3/b18-17-,21-20-. The van der Waals surface area contributed by atoms with Gasteiger partial charge >= 0.3 is 11.9 Å². The van der Waals surface area contributed by atoms with Crippen LogP contribution in [0, 0.1) is 0 Å². The zero-order valence-corrected chi connectivity index (χ0v) is 41.3. The molecule has 0 spiro atoms. The first-order valence-corrected chi connectivity index (χ1v) is 26.2. The van der Waals surface area contributed by atoms with Gasteiger partial charge in [-0.25, -0.2) is 4.79 Å². The first-order chi connectivity index (χ1) is 30.6. The van der Waals surface area contributed by atoms with Crippen molar-refractivity contribution in [1.82, 2.24) is 9.80 Å². The Kier molecular flexibility index (Phi) is 32.2. The summed E-state index contributed by atoms with van der Waals surface area (Å²) in [5.41, 5.74) is 0.777. The molecular weight excluding hydrogens is 814 g/mol. The van der Waals surface area contributed by atoms with Crippen LogP contribution in [0.1, 0.15) is 228 Å². The lowest BCUT2D eigenvalue weighted by atomic mass is 10.0. The second kappa shape index (κ2) is 36.2. The number of anilines is 1. The van der Waals surface area contributed by atoms with E-state index in [2.05, 4.69) is 45.1 Å². The molecule has 0 bridgehead atoms. The fourth-order valence-corrected chi connectivity index (χ4v) is 9.30. The van der Waals surface area contributed by atoms with Gasteiger partial charge in [0, 0.05) is 37.2 Å². The molecule has 2 heterocycles. The van der Waals surface area contributed by atoms with Crippen LogP contribution in [0.5, 0.6) is 0 Å². The SMILES string of the molecule is CCCCC/C=C\C/C=C\CCCCCCCC(=O)N(F)c1sc2c(c1C(=O)OCCCN(C)C)CCN(C(=O)CCCCC(=O)OC(CCCCCC)CCCCCCCC)C2. The quantitative estimate of drug-likeness (QED) is 0.0282. The first kappa shape index (κ1) is 56.1. The number of nitrogens with zero attached hydrogens (tertiary/aromatic N) is 3. The normalized spacial score (nSPS) is 13.3. The molecule has 11 heteroatoms. The molecular formula is C52H88FN3O6S. The summed E-state index contributed by atoms with van der Waals surface area (Å²) in [6.45, 7) is 8.20. The fourth-order valence-electron chi connectivity index (χ4n) is 8.03. The maximum absolute atomic E-state index is 16.0. The van der Waals surface area contributed by atoms with Crippen molar-refractivity contribution < 1.29 is 33.1 Å². The topological polar surface area (TPSA) is 96.5 Å². The zero-order valence-electron chi connectivity index (χ0n) is 40.5. The Balaban J connectivity index is 1.89. The molecule has 63 heavy (non-hydrogen) atoms. The van der Waals surface area contributed by atoms with E-state index in [0.29, 0.717) is 61.9 Å². The highest BCUT2D eigenvalue weighted by atomic mass is 32.1. The number of carbonyl (C=O) groups excluding carboxylic acids is 4. The molecule has 1 aromatic rings. The van der Waals surface area contributed by atoms with Gasteiger partial charge in [-0.2, -0.15) is 0 Å². The monoisotopic (exact) mass is 902 g/mol. The van der Waals surface area contributed by atoms with Gasteiger partial charge in [0.25, 0.3) is 5.91 Å². The van der Waals surface area contributed by atoms with Gasteiger partial charge in [-0.3, -0.25) is 14.4 Å². The molecule has 9 nitrogen and oxygen atoms in total. The molecule has 1 unspecified atom stereocenters. The van der Waals surface area contributed by atoms with Crippen LogP contribution in [0.2, 0.25) is 0 Å². The second-order valence-corrected chi connectivity index (χ2v) is 19.0. The van der Waals surface area contributed by atoms with Crippen molar-refractivity contribution in [2.75, 3.05) is 38.9 Å². The average Bonchev–Trinajstić information content (AvgIpc) is 3.66. The number of amides is 2. The van der Waals surface area contributed by atoms with Gasteiger partial charge < -0.3 is 19.3 Å². The molecule has 0 N–H and O–H groups in total. The number of thiophene rings is 1. The minimum Gasteiger partial charge on any atom is -0.462 e. The number of unbranched alkanes of at least 4 members (excludes halogenated alkanes) is 17. The number of ether oxygens (including phenoxy) is 2. The number of halogens is 1. The maximum Gasteiger partial charge on any atom is 0.341 e. The van der Waals surface area contributed by atoms with Crippen LogP contribution in [-0.2, 0) is 36.8 Å². The highest BCUT2D eigenvalue weighted by molar-refractivity contribution is 7.17. The molecule has 360 valence electrons. The lowest BCUT2D eigenvalue weighted by Gasteiger charge is -2.27. The maximum atomic E-state index is 16.0. The van der Waals surface area contributed by atoms with E-state index in [1.807, 2.05) is 19.0 Å². The number of hydrogen-bond donors (Lipinski definition) is 0. The Hall–Kier alpha value is -3.05. The number of hydrogen-bond acceptors (Lipinski definition) is 8. The molecule has 1 aliphatic heterocycles. The van der Waals surface area contributed by atoms with Crippen LogP contribution in [0.25, 0.3) is 0 Å². The van der Waals surface area contributed by atoms with Crippen molar-refractivity contribution in [2.24, 2.45) is 0 Å². The summed E-state index contributed by atoms with van der Waals surface area (Å²) < 4.78 is 27.6. The van der Waals surface area contributed by atoms with Gasteiger partial charge in [0.15, 0.2) is 0 Å². The van der Waals surface area contributed by atoms with Crippen molar-refractivity contribution in [3.63, 3.8) is 0 Å². The predicted molar refractivity (Wildman–Crippen MR) is 260 cm³/mol. The third-order valence-electron chi connectivity index (χ3n) is 11.9. The van der Waals surface area contributed by atoms with Crippen molar-refractivity contribution in [2.45, 2.75) is 226 Å². The third kappa shape index (κ3) is 25.3. The largest absolute Gasteiger partial charge is 0.462 e. The molecule has 0 aromatic carbocycles. The number of allylic oxidation sites excluding steroid dienone is 4. The van der Waals surface area contributed by atoms with Crippen LogP contribution in [0.3, 0.4) is 0 Å². The summed E-state index contributed by atoms with van der Waals surface area (Å²) in [6.07, 6.45) is 37.0. The van der Waals surface area contributed by atoms with Crippen LogP contribution < -0.4 is 5.12 Å². The average molecular weight is 902 g/mol. The van der Waals surface area contributed by atoms with Crippen LogP contribution in [-0.4, -0.2) is 73.4 Å². The van der Waals surface area contributed by atoms with E-state index in [9.17, 15) is 19.2 Å². The molecule has 0 radical (unpaired) electrons. The summed E-state index contributed by atoms with van der Waals surface area (Å²) in [5.74, 6) is -1.51. The van der Waals surface area contributed by atoms with Crippen LogP contribution in [0.4, 0.5) is 9.48 Å². The fraction of sp³-hybridized carbons (Fsp3) is 0.769. The molecule has 2 amide bonds. The van der Waals surface area contributed by atoms with Gasteiger partial charge in [0.05, 0.1) is 13.2 Å². The van der Waals surface area contributed by atoms with E-state index in [0.717, 1.165) is 94.9 Å². The van der Waals surface area contributed by atoms with Gasteiger partial charge in [0.1, 0.15) is 16.7 Å². The number of fused-ring (bicyclic) bond motifs is 1. The Morgan fingerprint density at radius 2 is 1.25 bits per heavy atom. The van der Waals surface area contributed by atoms with Crippen LogP contribution >= 0.6 is 11.3 Å². The van der Waals surface area contributed by atoms with E-state index in [1.165, 1.54) is 64.2 Å². The van der Waals surface area contributed by atoms with Gasteiger partial charge in [-0.15, -0.1) is 16.5 Å². The lowest BCUT2D eigenvalue weighted by molar-refractivity contribution is -0.150. The van der Waals surface area contributed by atoms with Gasteiger partial charge in [0.2, 0.25) is 5.91 Å². The summed E-state index contributed by atoms with van der Waals surface area (Å²) in [6, 6.07) is 0. The minimum atomic E-state index is -0.669. The molecule has 1 aliphatic rings. The zero-order chi connectivity index (χ0) is 45.9. The molecule has 2 rings (SSSR count).